The Kier molecular flexibility index (Phi) is 4.68. The summed E-state index contributed by atoms with van der Waals surface area (Å²) in [6.45, 7) is 0.577. The molecule has 5 heteroatoms. The summed E-state index contributed by atoms with van der Waals surface area (Å²) in [4.78, 5) is 22.2. The highest BCUT2D eigenvalue weighted by Crippen LogP contribution is 2.14. The van der Waals surface area contributed by atoms with E-state index in [0.717, 1.165) is 11.1 Å². The van der Waals surface area contributed by atoms with Crippen molar-refractivity contribution in [3.05, 3.63) is 71.8 Å². The summed E-state index contributed by atoms with van der Waals surface area (Å²) in [5, 5.41) is 1.23. The molecule has 1 heterocycles. The quantitative estimate of drug-likeness (QED) is 0.797. The maximum absolute atomic E-state index is 12.4. The Morgan fingerprint density at radius 3 is 2.52 bits per heavy atom. The number of amides is 1. The molecule has 0 bridgehead atoms. The SMILES string of the molecule is CN(OCc1ccccc1)C(=O)[C@H]1COC(c2ccccc2)=N1. The number of hydrogen-bond acceptors (Lipinski definition) is 4. The second-order valence-electron chi connectivity index (χ2n) is 5.22. The van der Waals surface area contributed by atoms with Gasteiger partial charge in [0.2, 0.25) is 5.90 Å². The Hall–Kier alpha value is -2.66. The zero-order valence-corrected chi connectivity index (χ0v) is 12.9. The van der Waals surface area contributed by atoms with E-state index < -0.39 is 6.04 Å². The lowest BCUT2D eigenvalue weighted by Gasteiger charge is -2.18. The Morgan fingerprint density at radius 2 is 1.83 bits per heavy atom. The van der Waals surface area contributed by atoms with Crippen LogP contribution in [0.25, 0.3) is 0 Å². The van der Waals surface area contributed by atoms with Crippen molar-refractivity contribution in [1.82, 2.24) is 5.06 Å². The van der Waals surface area contributed by atoms with E-state index in [1.807, 2.05) is 60.7 Å². The van der Waals surface area contributed by atoms with Crippen LogP contribution in [0.2, 0.25) is 0 Å². The highest BCUT2D eigenvalue weighted by Gasteiger charge is 2.29. The Labute approximate surface area is 135 Å². The smallest absolute Gasteiger partial charge is 0.274 e. The van der Waals surface area contributed by atoms with Crippen LogP contribution in [0, 0.1) is 0 Å². The third-order valence-electron chi connectivity index (χ3n) is 3.53. The summed E-state index contributed by atoms with van der Waals surface area (Å²) in [6, 6.07) is 18.7. The molecule has 1 atom stereocenters. The van der Waals surface area contributed by atoms with Gasteiger partial charge in [0.1, 0.15) is 13.2 Å². The summed E-state index contributed by atoms with van der Waals surface area (Å²) in [7, 11) is 1.60. The molecule has 2 aromatic rings. The lowest BCUT2D eigenvalue weighted by atomic mass is 10.2. The largest absolute Gasteiger partial charge is 0.475 e. The standard InChI is InChI=1S/C18H18N2O3/c1-20(23-12-14-8-4-2-5-9-14)18(21)16-13-22-17(19-16)15-10-6-3-7-11-15/h2-11,16H,12-13H2,1H3/t16-/m1/s1. The molecule has 23 heavy (non-hydrogen) atoms. The average Bonchev–Trinajstić information content (AvgIpc) is 3.11. The molecule has 5 nitrogen and oxygen atoms in total. The van der Waals surface area contributed by atoms with Gasteiger partial charge in [-0.1, -0.05) is 48.5 Å². The molecule has 3 rings (SSSR count). The summed E-state index contributed by atoms with van der Waals surface area (Å²) >= 11 is 0. The van der Waals surface area contributed by atoms with E-state index in [1.165, 1.54) is 5.06 Å². The first kappa shape index (κ1) is 15.2. The number of benzene rings is 2. The highest BCUT2D eigenvalue weighted by atomic mass is 16.7. The number of hydrogen-bond donors (Lipinski definition) is 0. The fourth-order valence-electron chi connectivity index (χ4n) is 2.26. The Morgan fingerprint density at radius 1 is 1.17 bits per heavy atom. The zero-order valence-electron chi connectivity index (χ0n) is 12.9. The van der Waals surface area contributed by atoms with Crippen LogP contribution in [0.1, 0.15) is 11.1 Å². The number of likely N-dealkylation sites (N-methyl/N-ethyl adjacent to an activating group) is 1. The van der Waals surface area contributed by atoms with E-state index in [9.17, 15) is 4.79 Å². The first-order chi connectivity index (χ1) is 11.2. The molecule has 2 aromatic carbocycles. The molecule has 0 saturated carbocycles. The fraction of sp³-hybridized carbons (Fsp3) is 0.222. The predicted octanol–water partition coefficient (Wildman–Crippen LogP) is 2.42. The van der Waals surface area contributed by atoms with Crippen molar-refractivity contribution >= 4 is 11.8 Å². The number of rotatable bonds is 5. The second kappa shape index (κ2) is 7.07. The molecule has 0 spiro atoms. The van der Waals surface area contributed by atoms with Crippen LogP contribution >= 0.6 is 0 Å². The molecule has 0 fully saturated rings. The summed E-state index contributed by atoms with van der Waals surface area (Å²) < 4.78 is 5.53. The molecular weight excluding hydrogens is 292 g/mol. The maximum Gasteiger partial charge on any atom is 0.274 e. The number of nitrogens with zero attached hydrogens (tertiary/aromatic N) is 2. The third kappa shape index (κ3) is 3.76. The van der Waals surface area contributed by atoms with Crippen LogP contribution in [-0.2, 0) is 21.0 Å². The molecule has 0 saturated heterocycles. The fourth-order valence-corrected chi connectivity index (χ4v) is 2.26. The minimum absolute atomic E-state index is 0.216. The van der Waals surface area contributed by atoms with Gasteiger partial charge < -0.3 is 4.74 Å². The van der Waals surface area contributed by atoms with Crippen molar-refractivity contribution in [3.8, 4) is 0 Å². The van der Waals surface area contributed by atoms with Gasteiger partial charge in [0.05, 0.1) is 0 Å². The molecule has 118 valence electrons. The Balaban J connectivity index is 1.59. The van der Waals surface area contributed by atoms with Crippen LogP contribution in [0.15, 0.2) is 65.7 Å². The minimum atomic E-state index is -0.564. The first-order valence-corrected chi connectivity index (χ1v) is 7.44. The van der Waals surface area contributed by atoms with E-state index in [0.29, 0.717) is 12.5 Å². The normalized spacial score (nSPS) is 16.6. The summed E-state index contributed by atoms with van der Waals surface area (Å²) in [6.07, 6.45) is 0. The van der Waals surface area contributed by atoms with Crippen LogP contribution in [-0.4, -0.2) is 36.6 Å². The van der Waals surface area contributed by atoms with Gasteiger partial charge in [-0.05, 0) is 17.7 Å². The predicted molar refractivity (Wildman–Crippen MR) is 86.7 cm³/mol. The van der Waals surface area contributed by atoms with E-state index in [1.54, 1.807) is 7.05 Å². The van der Waals surface area contributed by atoms with Gasteiger partial charge in [-0.15, -0.1) is 0 Å². The van der Waals surface area contributed by atoms with Crippen LogP contribution in [0.3, 0.4) is 0 Å². The molecule has 0 aromatic heterocycles. The van der Waals surface area contributed by atoms with E-state index in [4.69, 9.17) is 9.57 Å². The van der Waals surface area contributed by atoms with Gasteiger partial charge in [-0.3, -0.25) is 9.63 Å². The first-order valence-electron chi connectivity index (χ1n) is 7.44. The number of carbonyl (C=O) groups is 1. The Bertz CT molecular complexity index is 686. The van der Waals surface area contributed by atoms with Crippen molar-refractivity contribution < 1.29 is 14.4 Å². The molecule has 1 aliphatic heterocycles. The summed E-state index contributed by atoms with van der Waals surface area (Å²) in [5.74, 6) is 0.285. The molecule has 1 aliphatic rings. The van der Waals surface area contributed by atoms with Crippen molar-refractivity contribution in [1.29, 1.82) is 0 Å². The van der Waals surface area contributed by atoms with E-state index >= 15 is 0 Å². The monoisotopic (exact) mass is 310 g/mol. The summed E-state index contributed by atoms with van der Waals surface area (Å²) in [5.41, 5.74) is 1.87. The van der Waals surface area contributed by atoms with Gasteiger partial charge >= 0.3 is 0 Å². The van der Waals surface area contributed by atoms with E-state index in [2.05, 4.69) is 4.99 Å². The number of aliphatic imine (C=N–C) groups is 1. The second-order valence-corrected chi connectivity index (χ2v) is 5.22. The number of carbonyl (C=O) groups excluding carboxylic acids is 1. The molecule has 1 amide bonds. The van der Waals surface area contributed by atoms with E-state index in [-0.39, 0.29) is 12.5 Å². The molecule has 0 aliphatic carbocycles. The molecule has 0 unspecified atom stereocenters. The molecule has 0 N–H and O–H groups in total. The van der Waals surface area contributed by atoms with Crippen molar-refractivity contribution in [2.24, 2.45) is 4.99 Å². The zero-order chi connectivity index (χ0) is 16.1. The van der Waals surface area contributed by atoms with Crippen molar-refractivity contribution in [2.45, 2.75) is 12.6 Å². The van der Waals surface area contributed by atoms with Gasteiger partial charge in [-0.2, -0.15) is 0 Å². The lowest BCUT2D eigenvalue weighted by Crippen LogP contribution is -2.36. The van der Waals surface area contributed by atoms with Gasteiger partial charge in [-0.25, -0.2) is 10.1 Å². The van der Waals surface area contributed by atoms with Crippen LogP contribution in [0.5, 0.6) is 0 Å². The van der Waals surface area contributed by atoms with Crippen molar-refractivity contribution in [2.75, 3.05) is 13.7 Å². The van der Waals surface area contributed by atoms with Gasteiger partial charge in [0, 0.05) is 12.6 Å². The average molecular weight is 310 g/mol. The van der Waals surface area contributed by atoms with Gasteiger partial charge in [0.25, 0.3) is 5.91 Å². The highest BCUT2D eigenvalue weighted by molar-refractivity contribution is 5.98. The van der Waals surface area contributed by atoms with Crippen LogP contribution < -0.4 is 0 Å². The molecule has 0 radical (unpaired) electrons. The third-order valence-corrected chi connectivity index (χ3v) is 3.53. The number of hydroxylamine groups is 2. The molecular formula is C18H18N2O3. The topological polar surface area (TPSA) is 51.1 Å². The lowest BCUT2D eigenvalue weighted by molar-refractivity contribution is -0.184. The van der Waals surface area contributed by atoms with Crippen molar-refractivity contribution in [3.63, 3.8) is 0 Å². The van der Waals surface area contributed by atoms with Gasteiger partial charge in [0.15, 0.2) is 6.04 Å². The number of ether oxygens (including phenoxy) is 1. The maximum atomic E-state index is 12.4. The minimum Gasteiger partial charge on any atom is -0.475 e. The van der Waals surface area contributed by atoms with Crippen LogP contribution in [0.4, 0.5) is 0 Å².